The molecule has 4 nitrogen and oxygen atoms in total. The molecule has 1 heterocycles. The van der Waals surface area contributed by atoms with Gasteiger partial charge in [-0.25, -0.2) is 4.79 Å². The predicted molar refractivity (Wildman–Crippen MR) is 68.2 cm³/mol. The maximum atomic E-state index is 11.5. The number of aliphatic hydroxyl groups is 1. The minimum Gasteiger partial charge on any atom is -0.450 e. The Labute approximate surface area is 106 Å². The van der Waals surface area contributed by atoms with Crippen molar-refractivity contribution in [3.05, 3.63) is 22.4 Å². The van der Waals surface area contributed by atoms with Crippen molar-refractivity contribution < 1.29 is 14.6 Å². The number of hydrogen-bond donors (Lipinski definition) is 1. The van der Waals surface area contributed by atoms with Crippen LogP contribution in [0.1, 0.15) is 31.2 Å². The van der Waals surface area contributed by atoms with Gasteiger partial charge < -0.3 is 14.7 Å². The van der Waals surface area contributed by atoms with Gasteiger partial charge in [-0.05, 0) is 31.7 Å². The van der Waals surface area contributed by atoms with Gasteiger partial charge in [-0.2, -0.15) is 0 Å². The summed E-state index contributed by atoms with van der Waals surface area (Å²) < 4.78 is 4.93. The smallest absolute Gasteiger partial charge is 0.409 e. The molecule has 0 radical (unpaired) electrons. The second-order valence-corrected chi connectivity index (χ2v) is 4.58. The highest BCUT2D eigenvalue weighted by atomic mass is 32.1. The third kappa shape index (κ3) is 4.36. The van der Waals surface area contributed by atoms with Gasteiger partial charge in [0.25, 0.3) is 0 Å². The summed E-state index contributed by atoms with van der Waals surface area (Å²) in [4.78, 5) is 14.0. The van der Waals surface area contributed by atoms with Gasteiger partial charge in [0.2, 0.25) is 0 Å². The molecule has 5 heteroatoms. The number of hydrogen-bond acceptors (Lipinski definition) is 4. The molecule has 0 bridgehead atoms. The second kappa shape index (κ2) is 7.29. The molecule has 0 aliphatic rings. The van der Waals surface area contributed by atoms with Crippen molar-refractivity contribution in [3.8, 4) is 0 Å². The van der Waals surface area contributed by atoms with E-state index in [2.05, 4.69) is 0 Å². The number of aliphatic hydroxyl groups excluding tert-OH is 1. The maximum Gasteiger partial charge on any atom is 0.409 e. The van der Waals surface area contributed by atoms with Crippen molar-refractivity contribution in [3.63, 3.8) is 0 Å². The van der Waals surface area contributed by atoms with E-state index in [-0.39, 0.29) is 6.09 Å². The fourth-order valence-electron chi connectivity index (χ4n) is 1.49. The summed E-state index contributed by atoms with van der Waals surface area (Å²) in [6, 6.07) is 3.81. The monoisotopic (exact) mass is 257 g/mol. The summed E-state index contributed by atoms with van der Waals surface area (Å²) in [5.74, 6) is 0. The number of rotatable bonds is 6. The highest BCUT2D eigenvalue weighted by molar-refractivity contribution is 7.10. The van der Waals surface area contributed by atoms with Crippen LogP contribution in [0.25, 0.3) is 0 Å². The first-order valence-electron chi connectivity index (χ1n) is 5.82. The van der Waals surface area contributed by atoms with E-state index in [9.17, 15) is 9.90 Å². The van der Waals surface area contributed by atoms with E-state index < -0.39 is 6.10 Å². The quantitative estimate of drug-likeness (QED) is 0.852. The lowest BCUT2D eigenvalue weighted by Gasteiger charge is -2.21. The number of ether oxygens (including phenoxy) is 1. The van der Waals surface area contributed by atoms with Gasteiger partial charge in [0.1, 0.15) is 0 Å². The Bertz CT molecular complexity index is 327. The third-order valence-electron chi connectivity index (χ3n) is 2.45. The van der Waals surface area contributed by atoms with Crippen molar-refractivity contribution in [1.82, 2.24) is 4.90 Å². The minimum atomic E-state index is -0.501. The lowest BCUT2D eigenvalue weighted by atomic mass is 10.2. The molecule has 0 spiro atoms. The molecular weight excluding hydrogens is 238 g/mol. The van der Waals surface area contributed by atoms with E-state index in [0.29, 0.717) is 26.1 Å². The fourth-order valence-corrected chi connectivity index (χ4v) is 2.24. The van der Waals surface area contributed by atoms with Gasteiger partial charge in [0, 0.05) is 18.0 Å². The summed E-state index contributed by atoms with van der Waals surface area (Å²) in [5, 5.41) is 11.8. The Balaban J connectivity index is 2.39. The van der Waals surface area contributed by atoms with E-state index in [1.165, 1.54) is 11.3 Å². The Kier molecular flexibility index (Phi) is 6.00. The normalized spacial score (nSPS) is 12.2. The molecule has 1 N–H and O–H groups in total. The summed E-state index contributed by atoms with van der Waals surface area (Å²) in [7, 11) is 0. The zero-order valence-electron chi connectivity index (χ0n) is 10.3. The van der Waals surface area contributed by atoms with E-state index in [1.54, 1.807) is 11.8 Å². The van der Waals surface area contributed by atoms with E-state index in [1.807, 2.05) is 24.4 Å². The van der Waals surface area contributed by atoms with Crippen molar-refractivity contribution in [2.24, 2.45) is 0 Å². The molecule has 1 rings (SSSR count). The molecule has 1 atom stereocenters. The molecule has 0 saturated heterocycles. The Hall–Kier alpha value is -1.07. The van der Waals surface area contributed by atoms with Crippen LogP contribution in [0.4, 0.5) is 4.79 Å². The lowest BCUT2D eigenvalue weighted by molar-refractivity contribution is 0.0976. The van der Waals surface area contributed by atoms with Crippen LogP contribution >= 0.6 is 11.3 Å². The third-order valence-corrected chi connectivity index (χ3v) is 3.43. The largest absolute Gasteiger partial charge is 0.450 e. The molecular formula is C12H19NO3S. The van der Waals surface area contributed by atoms with Crippen LogP contribution in [0.3, 0.4) is 0 Å². The molecule has 0 aliphatic carbocycles. The summed E-state index contributed by atoms with van der Waals surface area (Å²) in [5.41, 5.74) is 0. The minimum absolute atomic E-state index is 0.312. The van der Waals surface area contributed by atoms with Crippen LogP contribution < -0.4 is 0 Å². The zero-order valence-corrected chi connectivity index (χ0v) is 11.1. The van der Waals surface area contributed by atoms with E-state index in [0.717, 1.165) is 4.88 Å². The van der Waals surface area contributed by atoms with E-state index >= 15 is 0 Å². The van der Waals surface area contributed by atoms with Crippen molar-refractivity contribution in [2.75, 3.05) is 19.7 Å². The highest BCUT2D eigenvalue weighted by Gasteiger charge is 2.15. The Morgan fingerprint density at radius 2 is 2.35 bits per heavy atom. The van der Waals surface area contributed by atoms with Crippen molar-refractivity contribution in [1.29, 1.82) is 0 Å². The first kappa shape index (κ1) is 14.0. The SMILES string of the molecule is CCOC(=O)N(CC)CC[C@H](O)c1cccs1. The molecule has 17 heavy (non-hydrogen) atoms. The van der Waals surface area contributed by atoms with Crippen LogP contribution in [0.5, 0.6) is 0 Å². The van der Waals surface area contributed by atoms with Crippen LogP contribution in [0, 0.1) is 0 Å². The Morgan fingerprint density at radius 1 is 1.59 bits per heavy atom. The van der Waals surface area contributed by atoms with Gasteiger partial charge in [0.15, 0.2) is 0 Å². The number of thiophene rings is 1. The summed E-state index contributed by atoms with van der Waals surface area (Å²) >= 11 is 1.52. The van der Waals surface area contributed by atoms with Gasteiger partial charge >= 0.3 is 6.09 Å². The van der Waals surface area contributed by atoms with Crippen molar-refractivity contribution in [2.45, 2.75) is 26.4 Å². The average Bonchev–Trinajstić information content (AvgIpc) is 2.83. The van der Waals surface area contributed by atoms with Crippen molar-refractivity contribution >= 4 is 17.4 Å². The lowest BCUT2D eigenvalue weighted by Crippen LogP contribution is -2.33. The molecule has 96 valence electrons. The molecule has 0 aromatic carbocycles. The van der Waals surface area contributed by atoms with Gasteiger partial charge in [-0.1, -0.05) is 6.07 Å². The molecule has 1 aromatic rings. The first-order chi connectivity index (χ1) is 8.19. The Morgan fingerprint density at radius 3 is 2.88 bits per heavy atom. The van der Waals surface area contributed by atoms with Gasteiger partial charge in [0.05, 0.1) is 12.7 Å². The molecule has 1 amide bonds. The number of nitrogens with zero attached hydrogens (tertiary/aromatic N) is 1. The number of amides is 1. The summed E-state index contributed by atoms with van der Waals surface area (Å²) in [6.07, 6.45) is -0.278. The van der Waals surface area contributed by atoms with Crippen LogP contribution in [-0.4, -0.2) is 35.8 Å². The maximum absolute atomic E-state index is 11.5. The van der Waals surface area contributed by atoms with Crippen LogP contribution in [-0.2, 0) is 4.74 Å². The molecule has 0 aliphatic heterocycles. The number of carbonyl (C=O) groups excluding carboxylic acids is 1. The zero-order chi connectivity index (χ0) is 12.7. The first-order valence-corrected chi connectivity index (χ1v) is 6.70. The topological polar surface area (TPSA) is 49.8 Å². The molecule has 0 saturated carbocycles. The molecule has 1 aromatic heterocycles. The van der Waals surface area contributed by atoms with Gasteiger partial charge in [-0.3, -0.25) is 0 Å². The number of carbonyl (C=O) groups is 1. The highest BCUT2D eigenvalue weighted by Crippen LogP contribution is 2.21. The fraction of sp³-hybridized carbons (Fsp3) is 0.583. The average molecular weight is 257 g/mol. The summed E-state index contributed by atoms with van der Waals surface area (Å²) in [6.45, 7) is 5.16. The molecule has 0 fully saturated rings. The second-order valence-electron chi connectivity index (χ2n) is 3.60. The van der Waals surface area contributed by atoms with Crippen LogP contribution in [0.15, 0.2) is 17.5 Å². The van der Waals surface area contributed by atoms with Gasteiger partial charge in [-0.15, -0.1) is 11.3 Å². The molecule has 0 unspecified atom stereocenters. The predicted octanol–water partition coefficient (Wildman–Crippen LogP) is 2.65. The standard InChI is InChI=1S/C12H19NO3S/c1-3-13(12(15)16-4-2)8-7-10(14)11-6-5-9-17-11/h5-6,9-10,14H,3-4,7-8H2,1-2H3/t10-/m0/s1. The van der Waals surface area contributed by atoms with Crippen LogP contribution in [0.2, 0.25) is 0 Å². The van der Waals surface area contributed by atoms with E-state index in [4.69, 9.17) is 4.74 Å².